The van der Waals surface area contributed by atoms with E-state index in [2.05, 4.69) is 33.7 Å². The molecular weight excluding hydrogens is 300 g/mol. The van der Waals surface area contributed by atoms with Gasteiger partial charge in [-0.2, -0.15) is 5.26 Å². The Kier molecular flexibility index (Phi) is 3.58. The fraction of sp³-hybridized carbons (Fsp3) is 0.357. The van der Waals surface area contributed by atoms with E-state index in [0.717, 1.165) is 33.2 Å². The van der Waals surface area contributed by atoms with E-state index in [-0.39, 0.29) is 5.41 Å². The summed E-state index contributed by atoms with van der Waals surface area (Å²) in [6.45, 7) is 2.09. The van der Waals surface area contributed by atoms with Crippen LogP contribution in [-0.2, 0) is 0 Å². The quantitative estimate of drug-likeness (QED) is 0.252. The number of nitrogens with one attached hydrogen (secondary N) is 2. The van der Waals surface area contributed by atoms with Gasteiger partial charge in [-0.25, -0.2) is 0 Å². The molecule has 22 heavy (non-hydrogen) atoms. The molecule has 0 saturated carbocycles. The molecule has 0 fully saturated rings. The summed E-state index contributed by atoms with van der Waals surface area (Å²) in [5.74, 6) is 0.727. The van der Waals surface area contributed by atoms with Gasteiger partial charge in [0.15, 0.2) is 11.1 Å². The van der Waals surface area contributed by atoms with Crippen molar-refractivity contribution in [2.45, 2.75) is 13.3 Å². The van der Waals surface area contributed by atoms with Crippen LogP contribution < -0.4 is 10.6 Å². The lowest BCUT2D eigenvalue weighted by atomic mass is 9.76. The minimum Gasteiger partial charge on any atom is -0.326 e. The van der Waals surface area contributed by atoms with Crippen molar-refractivity contribution >= 4 is 23.4 Å². The highest BCUT2D eigenvalue weighted by atomic mass is 32.2. The van der Waals surface area contributed by atoms with Gasteiger partial charge >= 0.3 is 0 Å². The largest absolute Gasteiger partial charge is 0.326 e. The Morgan fingerprint density at radius 1 is 1.59 bits per heavy atom. The normalized spacial score (nSPS) is 26.8. The van der Waals surface area contributed by atoms with Crippen LogP contribution in [0.4, 0.5) is 0 Å². The molecule has 1 atom stereocenters. The van der Waals surface area contributed by atoms with Gasteiger partial charge in [0, 0.05) is 28.2 Å². The van der Waals surface area contributed by atoms with Crippen molar-refractivity contribution in [2.24, 2.45) is 15.5 Å². The molecule has 0 spiro atoms. The van der Waals surface area contributed by atoms with Crippen LogP contribution >= 0.6 is 11.8 Å². The molecule has 3 aliphatic rings. The number of hydrazone groups is 1. The standard InChI is InChI=1S/C14H15N6OS/c1-14-4-3-10(18-13(16-2)17-7-15)5-9(14)6-11-12(14)19-20(21)8-22-11/h3,5-6H,4,8H2,1-2H3,(H2,16,17,18)/q+1. The van der Waals surface area contributed by atoms with Crippen LogP contribution in [0.1, 0.15) is 13.3 Å². The maximum absolute atomic E-state index is 11.5. The molecule has 1 heterocycles. The fourth-order valence-corrected chi connectivity index (χ4v) is 3.61. The number of rotatable bonds is 1. The monoisotopic (exact) mass is 315 g/mol. The maximum Gasteiger partial charge on any atom is 0.278 e. The Bertz CT molecular complexity index is 739. The summed E-state index contributed by atoms with van der Waals surface area (Å²) in [4.78, 5) is 17.3. The molecule has 0 aromatic heterocycles. The second-order valence-electron chi connectivity index (χ2n) is 5.31. The summed E-state index contributed by atoms with van der Waals surface area (Å²) in [7, 11) is 1.60. The zero-order valence-corrected chi connectivity index (χ0v) is 13.1. The van der Waals surface area contributed by atoms with E-state index in [1.54, 1.807) is 7.05 Å². The van der Waals surface area contributed by atoms with Crippen LogP contribution in [0.2, 0.25) is 0 Å². The molecule has 0 bridgehead atoms. The molecule has 1 unspecified atom stereocenters. The number of allylic oxidation sites excluding steroid dienone is 5. The van der Waals surface area contributed by atoms with E-state index in [9.17, 15) is 4.91 Å². The summed E-state index contributed by atoms with van der Waals surface area (Å²) in [5, 5.41) is 18.4. The first kappa shape index (κ1) is 14.5. The summed E-state index contributed by atoms with van der Waals surface area (Å²) >= 11 is 1.51. The number of thioether (sulfide) groups is 1. The average Bonchev–Trinajstić information content (AvgIpc) is 2.79. The van der Waals surface area contributed by atoms with Crippen molar-refractivity contribution in [3.05, 3.63) is 39.3 Å². The molecule has 1 aliphatic heterocycles. The summed E-state index contributed by atoms with van der Waals surface area (Å²) in [5.41, 5.74) is 2.57. The van der Waals surface area contributed by atoms with Gasteiger partial charge in [0.05, 0.1) is 4.91 Å². The molecule has 0 amide bonds. The van der Waals surface area contributed by atoms with Gasteiger partial charge in [0.1, 0.15) is 5.71 Å². The number of nitriles is 1. The van der Waals surface area contributed by atoms with E-state index < -0.39 is 0 Å². The maximum atomic E-state index is 11.5. The molecule has 3 rings (SSSR count). The van der Waals surface area contributed by atoms with Crippen LogP contribution in [0.3, 0.4) is 0 Å². The zero-order chi connectivity index (χ0) is 15.7. The van der Waals surface area contributed by atoms with E-state index in [4.69, 9.17) is 5.26 Å². The van der Waals surface area contributed by atoms with Gasteiger partial charge in [-0.05, 0) is 42.8 Å². The van der Waals surface area contributed by atoms with Gasteiger partial charge < -0.3 is 5.32 Å². The Labute approximate surface area is 132 Å². The third-order valence-electron chi connectivity index (χ3n) is 3.92. The highest BCUT2D eigenvalue weighted by Gasteiger charge is 2.46. The molecule has 0 saturated heterocycles. The third kappa shape index (κ3) is 2.33. The van der Waals surface area contributed by atoms with E-state index in [1.165, 1.54) is 11.8 Å². The smallest absolute Gasteiger partial charge is 0.278 e. The molecule has 0 radical (unpaired) electrons. The average molecular weight is 315 g/mol. The van der Waals surface area contributed by atoms with E-state index >= 15 is 0 Å². The first-order chi connectivity index (χ1) is 10.6. The topological polar surface area (TPSA) is 92.6 Å². The highest BCUT2D eigenvalue weighted by molar-refractivity contribution is 8.03. The predicted molar refractivity (Wildman–Crippen MR) is 85.7 cm³/mol. The number of hydrogen-bond acceptors (Lipinski definition) is 4. The highest BCUT2D eigenvalue weighted by Crippen LogP contribution is 2.49. The predicted octanol–water partition coefficient (Wildman–Crippen LogP) is 1.59. The van der Waals surface area contributed by atoms with Crippen molar-refractivity contribution in [1.29, 1.82) is 5.26 Å². The zero-order valence-electron chi connectivity index (χ0n) is 12.3. The van der Waals surface area contributed by atoms with E-state index in [1.807, 2.05) is 18.3 Å². The summed E-state index contributed by atoms with van der Waals surface area (Å²) in [6, 6.07) is 0. The number of nitrogens with zero attached hydrogens (tertiary/aromatic N) is 4. The lowest BCUT2D eigenvalue weighted by Crippen LogP contribution is -2.36. The van der Waals surface area contributed by atoms with Crippen LogP contribution in [0.25, 0.3) is 0 Å². The van der Waals surface area contributed by atoms with Gasteiger partial charge in [-0.3, -0.25) is 10.3 Å². The summed E-state index contributed by atoms with van der Waals surface area (Å²) in [6.07, 6.45) is 8.71. The molecule has 7 nitrogen and oxygen atoms in total. The fourth-order valence-electron chi connectivity index (χ4n) is 2.69. The minimum atomic E-state index is -0.261. The first-order valence-electron chi connectivity index (χ1n) is 6.76. The Morgan fingerprint density at radius 3 is 3.14 bits per heavy atom. The van der Waals surface area contributed by atoms with E-state index in [0.29, 0.717) is 11.8 Å². The lowest BCUT2D eigenvalue weighted by molar-refractivity contribution is -0.535. The minimum absolute atomic E-state index is 0.261. The summed E-state index contributed by atoms with van der Waals surface area (Å²) < 4.78 is 0. The Balaban J connectivity index is 1.88. The molecule has 0 aromatic rings. The van der Waals surface area contributed by atoms with Crippen molar-refractivity contribution in [2.75, 3.05) is 12.9 Å². The van der Waals surface area contributed by atoms with Gasteiger partial charge in [0.25, 0.3) is 5.88 Å². The van der Waals surface area contributed by atoms with Crippen molar-refractivity contribution in [1.82, 2.24) is 10.6 Å². The second kappa shape index (κ2) is 5.42. The SMILES string of the molecule is CN=C(NC#N)NC1=CCC2(C)C(=C1)C=C1SC[N+](=O)N=C12. The van der Waals surface area contributed by atoms with Crippen molar-refractivity contribution in [3.8, 4) is 6.19 Å². The number of aliphatic imine (C=N–C) groups is 1. The Morgan fingerprint density at radius 2 is 2.41 bits per heavy atom. The van der Waals surface area contributed by atoms with Crippen LogP contribution in [-0.4, -0.2) is 29.5 Å². The van der Waals surface area contributed by atoms with Gasteiger partial charge in [-0.1, -0.05) is 6.08 Å². The van der Waals surface area contributed by atoms with Crippen LogP contribution in [0.15, 0.2) is 44.5 Å². The van der Waals surface area contributed by atoms with Gasteiger partial charge in [-0.15, -0.1) is 0 Å². The molecule has 112 valence electrons. The number of fused-ring (bicyclic) bond motifs is 3. The third-order valence-corrected chi connectivity index (χ3v) is 4.90. The first-order valence-corrected chi connectivity index (χ1v) is 7.75. The lowest BCUT2D eigenvalue weighted by Gasteiger charge is -2.29. The second-order valence-corrected chi connectivity index (χ2v) is 6.30. The molecule has 8 heteroatoms. The molecule has 0 aromatic carbocycles. The van der Waals surface area contributed by atoms with Crippen molar-refractivity contribution < 1.29 is 4.87 Å². The number of nitroso groups, excluding NO2 is 1. The Hall–Kier alpha value is -2.40. The number of guanidine groups is 1. The van der Waals surface area contributed by atoms with Crippen LogP contribution in [0.5, 0.6) is 0 Å². The number of hydrogen-bond donors (Lipinski definition) is 2. The van der Waals surface area contributed by atoms with Crippen LogP contribution in [0, 0.1) is 21.8 Å². The molecule has 2 aliphatic carbocycles. The van der Waals surface area contributed by atoms with Crippen molar-refractivity contribution in [3.63, 3.8) is 0 Å². The van der Waals surface area contributed by atoms with Gasteiger partial charge in [0.2, 0.25) is 5.96 Å². The molecule has 2 N–H and O–H groups in total. The molecular formula is C14H15N6OS+.